The van der Waals surface area contributed by atoms with Crippen LogP contribution < -0.4 is 20.6 Å². The first-order chi connectivity index (χ1) is 17.3. The summed E-state index contributed by atoms with van der Waals surface area (Å²) in [4.78, 5) is 29.4. The Balaban J connectivity index is 1.89. The van der Waals surface area contributed by atoms with Crippen LogP contribution in [-0.2, 0) is 13.0 Å². The molecule has 0 bridgehead atoms. The number of ether oxygens (including phenoxy) is 2. The van der Waals surface area contributed by atoms with E-state index in [1.165, 1.54) is 29.4 Å². The molecule has 0 atom stereocenters. The molecular formula is C25H27N5O6. The van der Waals surface area contributed by atoms with Crippen molar-refractivity contribution >= 4 is 0 Å². The summed E-state index contributed by atoms with van der Waals surface area (Å²) in [5.74, 6) is 0.890. The molecule has 3 aromatic heterocycles. The van der Waals surface area contributed by atoms with Crippen LogP contribution >= 0.6 is 0 Å². The third kappa shape index (κ3) is 4.85. The first-order valence-electron chi connectivity index (χ1n) is 11.4. The van der Waals surface area contributed by atoms with Gasteiger partial charge in [0.2, 0.25) is 11.8 Å². The Morgan fingerprint density at radius 1 is 1.03 bits per heavy atom. The van der Waals surface area contributed by atoms with Crippen molar-refractivity contribution in [1.82, 2.24) is 24.3 Å². The van der Waals surface area contributed by atoms with E-state index in [1.807, 2.05) is 0 Å². The Kier molecular flexibility index (Phi) is 7.18. The van der Waals surface area contributed by atoms with E-state index in [0.717, 1.165) is 6.42 Å². The molecule has 0 fully saturated rings. The van der Waals surface area contributed by atoms with E-state index in [-0.39, 0.29) is 29.4 Å². The van der Waals surface area contributed by atoms with Gasteiger partial charge in [-0.1, -0.05) is 26.0 Å². The van der Waals surface area contributed by atoms with Crippen LogP contribution in [0.3, 0.4) is 0 Å². The van der Waals surface area contributed by atoms with Gasteiger partial charge in [0.05, 0.1) is 14.2 Å². The fraction of sp³-hybridized carbons (Fsp3) is 0.320. The van der Waals surface area contributed by atoms with Gasteiger partial charge in [0, 0.05) is 18.7 Å². The summed E-state index contributed by atoms with van der Waals surface area (Å²) in [6.45, 7) is 4.11. The van der Waals surface area contributed by atoms with Crippen molar-refractivity contribution in [2.75, 3.05) is 14.2 Å². The van der Waals surface area contributed by atoms with Gasteiger partial charge >= 0.3 is 0 Å². The molecule has 0 saturated heterocycles. The van der Waals surface area contributed by atoms with Crippen molar-refractivity contribution in [3.05, 3.63) is 75.0 Å². The maximum absolute atomic E-state index is 13.1. The van der Waals surface area contributed by atoms with Crippen LogP contribution in [0.5, 0.6) is 17.4 Å². The van der Waals surface area contributed by atoms with Crippen LogP contribution in [0.25, 0.3) is 17.1 Å². The third-order valence-corrected chi connectivity index (χ3v) is 5.59. The monoisotopic (exact) mass is 493 g/mol. The van der Waals surface area contributed by atoms with Crippen LogP contribution in [0.1, 0.15) is 32.0 Å². The second-order valence-electron chi connectivity index (χ2n) is 8.48. The first-order valence-corrected chi connectivity index (χ1v) is 11.4. The van der Waals surface area contributed by atoms with Crippen LogP contribution in [0.15, 0.2) is 56.6 Å². The fourth-order valence-electron chi connectivity index (χ4n) is 3.77. The van der Waals surface area contributed by atoms with E-state index in [1.54, 1.807) is 36.5 Å². The van der Waals surface area contributed by atoms with Gasteiger partial charge in [0.1, 0.15) is 29.6 Å². The predicted octanol–water partition coefficient (Wildman–Crippen LogP) is 2.80. The van der Waals surface area contributed by atoms with Crippen LogP contribution in [0.4, 0.5) is 0 Å². The lowest BCUT2D eigenvalue weighted by Gasteiger charge is -2.20. The number of aryl methyl sites for hydroxylation is 1. The van der Waals surface area contributed by atoms with E-state index in [0.29, 0.717) is 35.3 Å². The number of aromatic nitrogens is 5. The van der Waals surface area contributed by atoms with E-state index in [9.17, 15) is 14.7 Å². The second kappa shape index (κ2) is 10.5. The largest absolute Gasteiger partial charge is 0.494 e. The Labute approximate surface area is 206 Å². The van der Waals surface area contributed by atoms with E-state index in [4.69, 9.17) is 13.9 Å². The zero-order valence-electron chi connectivity index (χ0n) is 20.5. The Morgan fingerprint density at radius 3 is 2.39 bits per heavy atom. The average Bonchev–Trinajstić information content (AvgIpc) is 3.31. The molecule has 36 heavy (non-hydrogen) atoms. The van der Waals surface area contributed by atoms with E-state index >= 15 is 0 Å². The van der Waals surface area contributed by atoms with Gasteiger partial charge in [-0.2, -0.15) is 4.98 Å². The van der Waals surface area contributed by atoms with E-state index < -0.39 is 11.4 Å². The second-order valence-corrected chi connectivity index (χ2v) is 8.48. The van der Waals surface area contributed by atoms with Crippen molar-refractivity contribution in [1.29, 1.82) is 0 Å². The molecule has 3 heterocycles. The number of methoxy groups -OCH3 is 2. The molecule has 0 aliphatic heterocycles. The molecule has 1 aromatic carbocycles. The van der Waals surface area contributed by atoms with Gasteiger partial charge in [0.25, 0.3) is 17.0 Å². The Morgan fingerprint density at radius 2 is 1.75 bits per heavy atom. The summed E-state index contributed by atoms with van der Waals surface area (Å²) in [6.07, 6.45) is 2.71. The number of benzene rings is 1. The summed E-state index contributed by atoms with van der Waals surface area (Å²) in [5, 5.41) is 19.3. The molecule has 0 saturated carbocycles. The summed E-state index contributed by atoms with van der Waals surface area (Å²) in [5.41, 5.74) is -0.858. The molecule has 0 unspecified atom stereocenters. The molecule has 11 heteroatoms. The van der Waals surface area contributed by atoms with Crippen molar-refractivity contribution in [2.45, 2.75) is 33.2 Å². The number of hydrogen-bond acceptors (Lipinski definition) is 9. The maximum atomic E-state index is 13.1. The Hall–Kier alpha value is -4.41. The molecule has 4 rings (SSSR count). The highest BCUT2D eigenvalue weighted by atomic mass is 16.5. The maximum Gasteiger partial charge on any atom is 0.289 e. The quantitative estimate of drug-likeness (QED) is 0.373. The molecule has 188 valence electrons. The normalized spacial score (nSPS) is 11.1. The topological polar surface area (TPSA) is 134 Å². The SMILES string of the molecule is COc1cccc(OC)c1-n1c(CCC(C)C)nc(=O)c(-c2nnc(Cn3ccccc3=O)o2)c1O. The van der Waals surface area contributed by atoms with Gasteiger partial charge < -0.3 is 23.6 Å². The van der Waals surface area contributed by atoms with Gasteiger partial charge in [-0.15, -0.1) is 10.2 Å². The highest BCUT2D eigenvalue weighted by molar-refractivity contribution is 5.65. The predicted molar refractivity (Wildman–Crippen MR) is 131 cm³/mol. The Bertz CT molecular complexity index is 1460. The minimum atomic E-state index is -0.719. The van der Waals surface area contributed by atoms with Crippen LogP contribution in [0.2, 0.25) is 0 Å². The van der Waals surface area contributed by atoms with Gasteiger partial charge in [0.15, 0.2) is 5.56 Å². The average molecular weight is 494 g/mol. The number of nitrogens with zero attached hydrogens (tertiary/aromatic N) is 5. The van der Waals surface area contributed by atoms with Gasteiger partial charge in [-0.3, -0.25) is 14.2 Å². The lowest BCUT2D eigenvalue weighted by molar-refractivity contribution is 0.378. The smallest absolute Gasteiger partial charge is 0.289 e. The van der Waals surface area contributed by atoms with Crippen LogP contribution in [0, 0.1) is 5.92 Å². The highest BCUT2D eigenvalue weighted by Crippen LogP contribution is 2.38. The standard InChI is InChI=1S/C25H27N5O6/c1-15(2)11-12-18-26-23(32)21(24-28-27-19(36-24)14-29-13-6-5-10-20(29)31)25(33)30(18)22-16(34-3)8-7-9-17(22)35-4/h5-10,13,15,33H,11-12,14H2,1-4H3. The summed E-state index contributed by atoms with van der Waals surface area (Å²) in [6, 6.07) is 9.90. The fourth-order valence-corrected chi connectivity index (χ4v) is 3.77. The molecule has 0 aliphatic carbocycles. The lowest BCUT2D eigenvalue weighted by Crippen LogP contribution is -2.21. The number of rotatable bonds is 9. The zero-order chi connectivity index (χ0) is 25.8. The highest BCUT2D eigenvalue weighted by Gasteiger charge is 2.27. The number of pyridine rings is 1. The number of para-hydroxylation sites is 1. The summed E-state index contributed by atoms with van der Waals surface area (Å²) < 4.78 is 19.5. The summed E-state index contributed by atoms with van der Waals surface area (Å²) in [7, 11) is 2.99. The van der Waals surface area contributed by atoms with Crippen molar-refractivity contribution < 1.29 is 19.0 Å². The molecule has 0 radical (unpaired) electrons. The lowest BCUT2D eigenvalue weighted by atomic mass is 10.1. The summed E-state index contributed by atoms with van der Waals surface area (Å²) >= 11 is 0. The molecule has 4 aromatic rings. The number of aromatic hydroxyl groups is 1. The minimum absolute atomic E-state index is 0.00184. The molecule has 1 N–H and O–H groups in total. The van der Waals surface area contributed by atoms with Crippen molar-refractivity contribution in [3.8, 4) is 34.5 Å². The van der Waals surface area contributed by atoms with Crippen molar-refractivity contribution in [2.24, 2.45) is 5.92 Å². The zero-order valence-corrected chi connectivity index (χ0v) is 20.5. The first kappa shape index (κ1) is 24.7. The van der Waals surface area contributed by atoms with Gasteiger partial charge in [-0.05, 0) is 30.5 Å². The molecule has 0 aliphatic rings. The van der Waals surface area contributed by atoms with Crippen molar-refractivity contribution in [3.63, 3.8) is 0 Å². The van der Waals surface area contributed by atoms with Crippen LogP contribution in [-0.4, -0.2) is 43.6 Å². The molecule has 0 spiro atoms. The van der Waals surface area contributed by atoms with Gasteiger partial charge in [-0.25, -0.2) is 0 Å². The van der Waals surface area contributed by atoms with E-state index in [2.05, 4.69) is 29.0 Å². The molecule has 0 amide bonds. The molecule has 11 nitrogen and oxygen atoms in total. The molecular weight excluding hydrogens is 466 g/mol. The minimum Gasteiger partial charge on any atom is -0.494 e. The third-order valence-electron chi connectivity index (χ3n) is 5.59. The number of hydrogen-bond donors (Lipinski definition) is 1.